The predicted octanol–water partition coefficient (Wildman–Crippen LogP) is 4.90. The van der Waals surface area contributed by atoms with E-state index < -0.39 is 21.9 Å². The van der Waals surface area contributed by atoms with Gasteiger partial charge in [0.15, 0.2) is 0 Å². The standard InChI is InChI=1S/C24H23ClN2O5S/c1-4-32-24(29)21-15-18(9-14-22(21)25)26-23(28)17-7-10-19(11-8-17)27(3)33(30,31)20-12-5-16(2)6-13-20/h5-15H,4H2,1-3H3,(H,26,28). The van der Waals surface area contributed by atoms with E-state index in [1.807, 2.05) is 6.92 Å². The summed E-state index contributed by atoms with van der Waals surface area (Å²) in [6.07, 6.45) is 0. The van der Waals surface area contributed by atoms with Crippen LogP contribution in [0.15, 0.2) is 71.6 Å². The van der Waals surface area contributed by atoms with Crippen LogP contribution in [0.2, 0.25) is 5.02 Å². The number of carbonyl (C=O) groups excluding carboxylic acids is 2. The number of nitrogens with zero attached hydrogens (tertiary/aromatic N) is 1. The number of hydrogen-bond acceptors (Lipinski definition) is 5. The van der Waals surface area contributed by atoms with Crippen molar-refractivity contribution in [3.8, 4) is 0 Å². The molecule has 0 heterocycles. The van der Waals surface area contributed by atoms with Crippen molar-refractivity contribution in [1.82, 2.24) is 0 Å². The minimum absolute atomic E-state index is 0.148. The van der Waals surface area contributed by atoms with Crippen LogP contribution in [-0.2, 0) is 14.8 Å². The summed E-state index contributed by atoms with van der Waals surface area (Å²) in [4.78, 5) is 24.8. The van der Waals surface area contributed by atoms with Gasteiger partial charge in [-0.3, -0.25) is 9.10 Å². The quantitative estimate of drug-likeness (QED) is 0.479. The second-order valence-electron chi connectivity index (χ2n) is 7.20. The number of anilines is 2. The highest BCUT2D eigenvalue weighted by Gasteiger charge is 2.21. The van der Waals surface area contributed by atoms with Gasteiger partial charge in [0.25, 0.3) is 15.9 Å². The second-order valence-corrected chi connectivity index (χ2v) is 9.58. The minimum Gasteiger partial charge on any atom is -0.462 e. The van der Waals surface area contributed by atoms with Crippen LogP contribution in [0.5, 0.6) is 0 Å². The third-order valence-corrected chi connectivity index (χ3v) is 7.02. The molecule has 172 valence electrons. The van der Waals surface area contributed by atoms with E-state index in [-0.39, 0.29) is 22.1 Å². The molecule has 0 radical (unpaired) electrons. The van der Waals surface area contributed by atoms with Crippen molar-refractivity contribution < 1.29 is 22.7 Å². The molecule has 0 saturated carbocycles. The number of esters is 1. The molecule has 0 aliphatic carbocycles. The lowest BCUT2D eigenvalue weighted by atomic mass is 10.1. The number of amides is 1. The smallest absolute Gasteiger partial charge is 0.339 e. The van der Waals surface area contributed by atoms with E-state index >= 15 is 0 Å². The Morgan fingerprint density at radius 1 is 1.00 bits per heavy atom. The molecule has 0 aliphatic heterocycles. The predicted molar refractivity (Wildman–Crippen MR) is 129 cm³/mol. The molecule has 0 spiro atoms. The maximum Gasteiger partial charge on any atom is 0.339 e. The molecule has 3 aromatic carbocycles. The van der Waals surface area contributed by atoms with Gasteiger partial charge in [0, 0.05) is 18.3 Å². The molecule has 7 nitrogen and oxygen atoms in total. The number of halogens is 1. The summed E-state index contributed by atoms with van der Waals surface area (Å²) < 4.78 is 31.8. The molecular weight excluding hydrogens is 464 g/mol. The number of benzene rings is 3. The zero-order valence-electron chi connectivity index (χ0n) is 18.3. The Hall–Kier alpha value is -3.36. The van der Waals surface area contributed by atoms with E-state index in [9.17, 15) is 18.0 Å². The number of nitrogens with one attached hydrogen (secondary N) is 1. The summed E-state index contributed by atoms with van der Waals surface area (Å²) in [6, 6.07) is 17.2. The van der Waals surface area contributed by atoms with Gasteiger partial charge < -0.3 is 10.1 Å². The SMILES string of the molecule is CCOC(=O)c1cc(NC(=O)c2ccc(N(C)S(=O)(=O)c3ccc(C)cc3)cc2)ccc1Cl. The third kappa shape index (κ3) is 5.53. The highest BCUT2D eigenvalue weighted by molar-refractivity contribution is 7.92. The molecule has 0 unspecified atom stereocenters. The lowest BCUT2D eigenvalue weighted by Crippen LogP contribution is -2.26. The normalized spacial score (nSPS) is 11.0. The molecule has 0 aromatic heterocycles. The number of ether oxygens (including phenoxy) is 1. The van der Waals surface area contributed by atoms with Crippen LogP contribution in [-0.4, -0.2) is 33.9 Å². The van der Waals surface area contributed by atoms with Gasteiger partial charge >= 0.3 is 5.97 Å². The third-order valence-electron chi connectivity index (χ3n) is 4.89. The molecule has 0 atom stereocenters. The lowest BCUT2D eigenvalue weighted by Gasteiger charge is -2.20. The van der Waals surface area contributed by atoms with E-state index in [0.717, 1.165) is 9.87 Å². The molecule has 0 bridgehead atoms. The van der Waals surface area contributed by atoms with Crippen LogP contribution in [0.3, 0.4) is 0 Å². The largest absolute Gasteiger partial charge is 0.462 e. The first-order valence-electron chi connectivity index (χ1n) is 10.1. The Bertz CT molecular complexity index is 1270. The Kier molecular flexibility index (Phi) is 7.40. The monoisotopic (exact) mass is 486 g/mol. The Morgan fingerprint density at radius 3 is 2.24 bits per heavy atom. The maximum absolute atomic E-state index is 12.9. The van der Waals surface area contributed by atoms with Crippen molar-refractivity contribution in [3.63, 3.8) is 0 Å². The number of carbonyl (C=O) groups is 2. The van der Waals surface area contributed by atoms with Crippen molar-refractivity contribution in [2.24, 2.45) is 0 Å². The van der Waals surface area contributed by atoms with Crippen molar-refractivity contribution >= 4 is 44.9 Å². The Labute approximate surface area is 198 Å². The fourth-order valence-electron chi connectivity index (χ4n) is 3.00. The summed E-state index contributed by atoms with van der Waals surface area (Å²) in [5.41, 5.74) is 2.20. The van der Waals surface area contributed by atoms with Crippen molar-refractivity contribution in [2.45, 2.75) is 18.7 Å². The summed E-state index contributed by atoms with van der Waals surface area (Å²) in [7, 11) is -2.28. The van der Waals surface area contributed by atoms with Gasteiger partial charge in [-0.1, -0.05) is 29.3 Å². The van der Waals surface area contributed by atoms with Crippen LogP contribution < -0.4 is 9.62 Å². The van der Waals surface area contributed by atoms with Gasteiger partial charge in [0.05, 0.1) is 27.8 Å². The van der Waals surface area contributed by atoms with E-state index in [4.69, 9.17) is 16.3 Å². The van der Waals surface area contributed by atoms with Crippen LogP contribution in [0.25, 0.3) is 0 Å². The number of aryl methyl sites for hydroxylation is 1. The van der Waals surface area contributed by atoms with Crippen LogP contribution in [0, 0.1) is 6.92 Å². The molecule has 33 heavy (non-hydrogen) atoms. The Balaban J connectivity index is 1.76. The van der Waals surface area contributed by atoms with E-state index in [1.54, 1.807) is 49.4 Å². The molecule has 1 amide bonds. The van der Waals surface area contributed by atoms with Crippen LogP contribution in [0.4, 0.5) is 11.4 Å². The highest BCUT2D eigenvalue weighted by Crippen LogP contribution is 2.24. The highest BCUT2D eigenvalue weighted by atomic mass is 35.5. The number of sulfonamides is 1. The zero-order valence-corrected chi connectivity index (χ0v) is 19.9. The van der Waals surface area contributed by atoms with Gasteiger partial charge in [-0.25, -0.2) is 13.2 Å². The Morgan fingerprint density at radius 2 is 1.64 bits per heavy atom. The molecular formula is C24H23ClN2O5S. The summed E-state index contributed by atoms with van der Waals surface area (Å²) in [5.74, 6) is -1.01. The van der Waals surface area contributed by atoms with Gasteiger partial charge in [-0.05, 0) is 68.4 Å². The average Bonchev–Trinajstić information content (AvgIpc) is 2.80. The van der Waals surface area contributed by atoms with Crippen molar-refractivity contribution in [2.75, 3.05) is 23.3 Å². The van der Waals surface area contributed by atoms with Gasteiger partial charge in [0.2, 0.25) is 0 Å². The molecule has 0 saturated heterocycles. The number of rotatable bonds is 7. The lowest BCUT2D eigenvalue weighted by molar-refractivity contribution is 0.0526. The van der Waals surface area contributed by atoms with Crippen LogP contribution >= 0.6 is 11.6 Å². The topological polar surface area (TPSA) is 92.8 Å². The molecule has 0 aliphatic rings. The number of hydrogen-bond donors (Lipinski definition) is 1. The van der Waals surface area contributed by atoms with Crippen molar-refractivity contribution in [1.29, 1.82) is 0 Å². The molecule has 0 fully saturated rings. The van der Waals surface area contributed by atoms with Gasteiger partial charge in [0.1, 0.15) is 0 Å². The molecule has 3 aromatic rings. The fourth-order valence-corrected chi connectivity index (χ4v) is 4.39. The summed E-state index contributed by atoms with van der Waals surface area (Å²) in [6.45, 7) is 3.77. The van der Waals surface area contributed by atoms with E-state index in [1.165, 1.54) is 31.3 Å². The summed E-state index contributed by atoms with van der Waals surface area (Å²) in [5, 5.41) is 2.91. The first kappa shape index (κ1) is 24.3. The van der Waals surface area contributed by atoms with Crippen molar-refractivity contribution in [3.05, 3.63) is 88.4 Å². The molecule has 1 N–H and O–H groups in total. The van der Waals surface area contributed by atoms with E-state index in [2.05, 4.69) is 5.32 Å². The van der Waals surface area contributed by atoms with Crippen LogP contribution in [0.1, 0.15) is 33.2 Å². The van der Waals surface area contributed by atoms with Gasteiger partial charge in [-0.15, -0.1) is 0 Å². The molecule has 9 heteroatoms. The second kappa shape index (κ2) is 10.1. The van der Waals surface area contributed by atoms with E-state index in [0.29, 0.717) is 16.9 Å². The zero-order chi connectivity index (χ0) is 24.2. The first-order chi connectivity index (χ1) is 15.6. The first-order valence-corrected chi connectivity index (χ1v) is 11.9. The minimum atomic E-state index is -3.74. The summed E-state index contributed by atoms with van der Waals surface area (Å²) >= 11 is 6.05. The average molecular weight is 487 g/mol. The van der Waals surface area contributed by atoms with Gasteiger partial charge in [-0.2, -0.15) is 0 Å². The molecule has 3 rings (SSSR count). The maximum atomic E-state index is 12.9. The fraction of sp³-hybridized carbons (Fsp3) is 0.167.